The van der Waals surface area contributed by atoms with E-state index in [1.165, 1.54) is 16.9 Å². The average molecular weight is 531 g/mol. The minimum absolute atomic E-state index is 0.0295. The van der Waals surface area contributed by atoms with Crippen LogP contribution >= 0.6 is 27.3 Å². The van der Waals surface area contributed by atoms with E-state index in [9.17, 15) is 0 Å². The van der Waals surface area contributed by atoms with Crippen LogP contribution < -0.4 is 15.4 Å². The monoisotopic (exact) mass is 530 g/mol. The van der Waals surface area contributed by atoms with E-state index in [1.807, 2.05) is 31.2 Å². The number of rotatable bonds is 11. The Morgan fingerprint density at radius 3 is 2.76 bits per heavy atom. The molecule has 4 rings (SSSR count). The third kappa shape index (κ3) is 6.06. The molecule has 33 heavy (non-hydrogen) atoms. The highest BCUT2D eigenvalue weighted by molar-refractivity contribution is 9.10. The lowest BCUT2D eigenvalue weighted by Crippen LogP contribution is -2.06. The number of hydrogen-bond acceptors (Lipinski definition) is 10. The molecule has 9 nitrogen and oxygen atoms in total. The molecule has 172 valence electrons. The molecule has 3 aromatic heterocycles. The van der Waals surface area contributed by atoms with E-state index in [1.54, 1.807) is 6.33 Å². The van der Waals surface area contributed by atoms with Crippen molar-refractivity contribution >= 4 is 39.1 Å². The van der Waals surface area contributed by atoms with Crippen molar-refractivity contribution in [3.8, 4) is 27.0 Å². The van der Waals surface area contributed by atoms with Crippen molar-refractivity contribution in [1.82, 2.24) is 20.1 Å². The molecule has 0 amide bonds. The van der Waals surface area contributed by atoms with E-state index in [0.29, 0.717) is 24.7 Å². The van der Waals surface area contributed by atoms with Gasteiger partial charge in [-0.25, -0.2) is 9.97 Å². The van der Waals surface area contributed by atoms with Crippen LogP contribution in [0.25, 0.3) is 21.3 Å². The second kappa shape index (κ2) is 11.2. The van der Waals surface area contributed by atoms with Gasteiger partial charge in [0.1, 0.15) is 22.8 Å². The van der Waals surface area contributed by atoms with Crippen molar-refractivity contribution in [2.24, 2.45) is 0 Å². The van der Waals surface area contributed by atoms with Crippen molar-refractivity contribution in [3.63, 3.8) is 0 Å². The zero-order valence-corrected chi connectivity index (χ0v) is 20.3. The number of thiophene rings is 1. The minimum atomic E-state index is -0.0295. The molecule has 1 aromatic carbocycles. The summed E-state index contributed by atoms with van der Waals surface area (Å²) in [6.07, 6.45) is 2.43. The number of aromatic nitrogens is 4. The Hall–Kier alpha value is -3.02. The lowest BCUT2D eigenvalue weighted by atomic mass is 10.1. The zero-order valence-electron chi connectivity index (χ0n) is 17.9. The maximum absolute atomic E-state index is 8.95. The van der Waals surface area contributed by atoms with Gasteiger partial charge in [-0.2, -0.15) is 4.98 Å². The maximum Gasteiger partial charge on any atom is 0.321 e. The third-order valence-electron chi connectivity index (χ3n) is 4.57. The van der Waals surface area contributed by atoms with Crippen molar-refractivity contribution in [1.29, 1.82) is 0 Å². The highest BCUT2D eigenvalue weighted by atomic mass is 79.9. The number of anilines is 2. The molecule has 0 unspecified atom stereocenters. The Kier molecular flexibility index (Phi) is 7.87. The van der Waals surface area contributed by atoms with E-state index in [-0.39, 0.29) is 12.6 Å². The molecule has 3 N–H and O–H groups in total. The van der Waals surface area contributed by atoms with Crippen LogP contribution in [0.2, 0.25) is 0 Å². The summed E-state index contributed by atoms with van der Waals surface area (Å²) in [5.74, 6) is 1.83. The Bertz CT molecular complexity index is 1180. The van der Waals surface area contributed by atoms with Crippen molar-refractivity contribution < 1.29 is 14.4 Å². The zero-order chi connectivity index (χ0) is 23.0. The number of hydrogen-bond donors (Lipinski definition) is 3. The first-order valence-electron chi connectivity index (χ1n) is 10.4. The fourth-order valence-corrected chi connectivity index (χ4v) is 4.30. The highest BCUT2D eigenvalue weighted by Gasteiger charge is 2.19. The summed E-state index contributed by atoms with van der Waals surface area (Å²) < 4.78 is 12.1. The van der Waals surface area contributed by atoms with Crippen LogP contribution in [0.1, 0.15) is 12.5 Å². The fourth-order valence-electron chi connectivity index (χ4n) is 3.04. The Labute approximate surface area is 203 Å². The second-order valence-corrected chi connectivity index (χ2v) is 8.87. The first-order chi connectivity index (χ1) is 16.2. The van der Waals surface area contributed by atoms with Gasteiger partial charge in [0.2, 0.25) is 5.82 Å². The van der Waals surface area contributed by atoms with Crippen molar-refractivity contribution in [2.75, 3.05) is 36.9 Å². The fraction of sp³-hybridized carbons (Fsp3) is 0.273. The van der Waals surface area contributed by atoms with Gasteiger partial charge in [0.05, 0.1) is 23.8 Å². The topological polar surface area (TPSA) is 118 Å². The van der Waals surface area contributed by atoms with Crippen LogP contribution in [-0.4, -0.2) is 51.5 Å². The largest absolute Gasteiger partial charge is 0.492 e. The smallest absolute Gasteiger partial charge is 0.321 e. The van der Waals surface area contributed by atoms with Gasteiger partial charge in [-0.15, -0.1) is 11.3 Å². The molecule has 0 radical (unpaired) electrons. The average Bonchev–Trinajstić information content (AvgIpc) is 3.47. The van der Waals surface area contributed by atoms with Crippen LogP contribution in [-0.2, 0) is 6.42 Å². The normalized spacial score (nSPS) is 10.9. The van der Waals surface area contributed by atoms with E-state index in [4.69, 9.17) is 14.4 Å². The van der Waals surface area contributed by atoms with E-state index < -0.39 is 0 Å². The molecule has 0 saturated heterocycles. The predicted molar refractivity (Wildman–Crippen MR) is 132 cm³/mol. The van der Waals surface area contributed by atoms with Gasteiger partial charge in [0.25, 0.3) is 0 Å². The Balaban J connectivity index is 1.49. The van der Waals surface area contributed by atoms with Gasteiger partial charge in [-0.05, 0) is 31.0 Å². The Morgan fingerprint density at radius 2 is 1.97 bits per heavy atom. The van der Waals surface area contributed by atoms with Crippen LogP contribution in [0, 0.1) is 0 Å². The van der Waals surface area contributed by atoms with Gasteiger partial charge in [-0.3, -0.25) is 0 Å². The summed E-state index contributed by atoms with van der Waals surface area (Å²) in [5, 5.41) is 19.2. The summed E-state index contributed by atoms with van der Waals surface area (Å²) in [4.78, 5) is 14.8. The van der Waals surface area contributed by atoms with Crippen molar-refractivity contribution in [2.45, 2.75) is 13.3 Å². The molecule has 0 aliphatic heterocycles. The molecular formula is C22H23BrN6O3S. The molecule has 0 aliphatic carbocycles. The summed E-state index contributed by atoms with van der Waals surface area (Å²) >= 11 is 4.92. The molecular weight excluding hydrogens is 508 g/mol. The predicted octanol–water partition coefficient (Wildman–Crippen LogP) is 4.48. The van der Waals surface area contributed by atoms with E-state index >= 15 is 0 Å². The van der Waals surface area contributed by atoms with Crippen LogP contribution in [0.3, 0.4) is 0 Å². The summed E-state index contributed by atoms with van der Waals surface area (Å²) in [6, 6.07) is 12.4. The molecule has 11 heteroatoms. The lowest BCUT2D eigenvalue weighted by molar-refractivity contribution is 0.308. The minimum Gasteiger partial charge on any atom is -0.492 e. The number of nitrogens with zero attached hydrogens (tertiary/aromatic N) is 4. The molecule has 4 aromatic rings. The Morgan fingerprint density at radius 1 is 1.12 bits per heavy atom. The quantitative estimate of drug-likeness (QED) is 0.258. The number of benzene rings is 1. The molecule has 0 spiro atoms. The van der Waals surface area contributed by atoms with Crippen LogP contribution in [0.15, 0.2) is 51.7 Å². The summed E-state index contributed by atoms with van der Waals surface area (Å²) in [7, 11) is 0. The van der Waals surface area contributed by atoms with Gasteiger partial charge >= 0.3 is 6.01 Å². The van der Waals surface area contributed by atoms with Crippen molar-refractivity contribution in [3.05, 3.63) is 52.8 Å². The maximum atomic E-state index is 8.95. The lowest BCUT2D eigenvalue weighted by Gasteiger charge is -2.06. The molecule has 0 fully saturated rings. The third-order valence-corrected chi connectivity index (χ3v) is 6.23. The number of aliphatic hydroxyl groups excluding tert-OH is 1. The summed E-state index contributed by atoms with van der Waals surface area (Å²) in [6.45, 7) is 3.48. The molecule has 0 aliphatic rings. The van der Waals surface area contributed by atoms with Gasteiger partial charge < -0.3 is 25.0 Å². The SMILES string of the molecule is CCOc1cc(-c2cc(NCCc3ccc(Br)cc3)ncn2)sc1-c1noc(NCCO)n1. The second-order valence-electron chi connectivity index (χ2n) is 6.90. The first kappa shape index (κ1) is 23.1. The molecule has 0 bridgehead atoms. The number of aliphatic hydroxyl groups is 1. The van der Waals surface area contributed by atoms with Gasteiger partial charge in [0, 0.05) is 29.7 Å². The first-order valence-corrected chi connectivity index (χ1v) is 12.0. The highest BCUT2D eigenvalue weighted by Crippen LogP contribution is 2.41. The number of ether oxygens (including phenoxy) is 1. The number of halogens is 1. The number of nitrogens with one attached hydrogen (secondary N) is 2. The molecule has 0 saturated carbocycles. The molecule has 0 atom stereocenters. The van der Waals surface area contributed by atoms with Gasteiger partial charge in [0.15, 0.2) is 0 Å². The van der Waals surface area contributed by atoms with Crippen LogP contribution in [0.4, 0.5) is 11.8 Å². The van der Waals surface area contributed by atoms with E-state index in [2.05, 4.69) is 58.8 Å². The van der Waals surface area contributed by atoms with Gasteiger partial charge in [-0.1, -0.05) is 33.2 Å². The standard InChI is InChI=1S/C22H23BrN6O3S/c1-2-31-17-12-18(33-20(17)21-28-22(32-29-21)25-9-10-30)16-11-19(27-13-26-16)24-8-7-14-3-5-15(23)6-4-14/h3-6,11-13,30H,2,7-10H2,1H3,(H,24,26,27)(H,25,28,29). The van der Waals surface area contributed by atoms with E-state index in [0.717, 1.165) is 38.7 Å². The molecule has 3 heterocycles. The van der Waals surface area contributed by atoms with Crippen LogP contribution in [0.5, 0.6) is 5.75 Å². The summed E-state index contributed by atoms with van der Waals surface area (Å²) in [5.41, 5.74) is 2.02.